The molecule has 0 aliphatic carbocycles. The Labute approximate surface area is 149 Å². The summed E-state index contributed by atoms with van der Waals surface area (Å²) in [6.07, 6.45) is 0. The van der Waals surface area contributed by atoms with Crippen LogP contribution >= 0.6 is 0 Å². The topological polar surface area (TPSA) is 81.9 Å². The number of aromatic nitrogens is 4. The third-order valence-electron chi connectivity index (χ3n) is 4.05. The lowest BCUT2D eigenvalue weighted by molar-refractivity contribution is 0.188. The molecule has 1 aromatic carbocycles. The number of H-pyrrole nitrogens is 1. The van der Waals surface area contributed by atoms with E-state index in [0.29, 0.717) is 42.2 Å². The van der Waals surface area contributed by atoms with Crippen molar-refractivity contribution in [3.63, 3.8) is 0 Å². The first kappa shape index (κ1) is 18.1. The number of imidazole rings is 1. The summed E-state index contributed by atoms with van der Waals surface area (Å²) >= 11 is 0. The molecule has 7 nitrogen and oxygen atoms in total. The number of fused-ring (bicyclic) bond motifs is 1. The third-order valence-corrected chi connectivity index (χ3v) is 4.05. The van der Waals surface area contributed by atoms with Crippen molar-refractivity contribution in [1.29, 1.82) is 0 Å². The molecule has 0 aliphatic rings. The second kappa shape index (κ2) is 7.25. The van der Waals surface area contributed by atoms with Crippen molar-refractivity contribution < 1.29 is 9.13 Å². The van der Waals surface area contributed by atoms with Crippen molar-refractivity contribution in [1.82, 2.24) is 19.1 Å². The molecule has 3 rings (SSSR count). The number of hydrogen-bond donors (Lipinski definition) is 1. The van der Waals surface area contributed by atoms with E-state index in [-0.39, 0.29) is 11.7 Å². The van der Waals surface area contributed by atoms with Crippen molar-refractivity contribution in [2.45, 2.75) is 26.9 Å². The van der Waals surface area contributed by atoms with E-state index in [1.807, 2.05) is 13.8 Å². The van der Waals surface area contributed by atoms with Crippen molar-refractivity contribution >= 4 is 11.2 Å². The van der Waals surface area contributed by atoms with Gasteiger partial charge >= 0.3 is 5.69 Å². The van der Waals surface area contributed by atoms with Gasteiger partial charge in [-0.15, -0.1) is 0 Å². The SMILES string of the molecule is COCCn1c(-c2ccc(F)cc2)nc2c1c(=O)[nH]c(=O)n2CC(C)C. The van der Waals surface area contributed by atoms with Crippen molar-refractivity contribution in [3.05, 3.63) is 50.9 Å². The summed E-state index contributed by atoms with van der Waals surface area (Å²) in [7, 11) is 1.57. The molecule has 2 aromatic heterocycles. The molecule has 0 radical (unpaired) electrons. The number of halogens is 1. The average Bonchev–Trinajstić information content (AvgIpc) is 2.97. The van der Waals surface area contributed by atoms with Gasteiger partial charge in [-0.3, -0.25) is 14.3 Å². The maximum absolute atomic E-state index is 13.3. The van der Waals surface area contributed by atoms with Gasteiger partial charge in [0.2, 0.25) is 0 Å². The van der Waals surface area contributed by atoms with Crippen LogP contribution < -0.4 is 11.2 Å². The molecule has 0 amide bonds. The molecule has 0 spiro atoms. The third kappa shape index (κ3) is 3.32. The van der Waals surface area contributed by atoms with Crippen LogP contribution in [0.25, 0.3) is 22.6 Å². The largest absolute Gasteiger partial charge is 0.383 e. The van der Waals surface area contributed by atoms with Crippen LogP contribution in [0.4, 0.5) is 4.39 Å². The Morgan fingerprint density at radius 1 is 1.19 bits per heavy atom. The number of rotatable bonds is 6. The van der Waals surface area contributed by atoms with Crippen LogP contribution in [0.2, 0.25) is 0 Å². The summed E-state index contributed by atoms with van der Waals surface area (Å²) in [4.78, 5) is 31.7. The van der Waals surface area contributed by atoms with E-state index < -0.39 is 11.2 Å². The van der Waals surface area contributed by atoms with E-state index in [1.54, 1.807) is 23.8 Å². The Balaban J connectivity index is 2.33. The first-order valence-corrected chi connectivity index (χ1v) is 8.40. The summed E-state index contributed by atoms with van der Waals surface area (Å²) in [5.41, 5.74) is 0.298. The number of benzene rings is 1. The molecule has 0 saturated heterocycles. The highest BCUT2D eigenvalue weighted by Gasteiger charge is 2.20. The van der Waals surface area contributed by atoms with Crippen LogP contribution in [-0.2, 0) is 17.8 Å². The lowest BCUT2D eigenvalue weighted by Crippen LogP contribution is -2.32. The number of hydrogen-bond acceptors (Lipinski definition) is 4. The van der Waals surface area contributed by atoms with E-state index in [2.05, 4.69) is 9.97 Å². The molecular formula is C18H21FN4O3. The smallest absolute Gasteiger partial charge is 0.330 e. The highest BCUT2D eigenvalue weighted by Crippen LogP contribution is 2.23. The highest BCUT2D eigenvalue weighted by atomic mass is 19.1. The Morgan fingerprint density at radius 2 is 1.88 bits per heavy atom. The molecule has 26 heavy (non-hydrogen) atoms. The Hall–Kier alpha value is -2.74. The van der Waals surface area contributed by atoms with Crippen molar-refractivity contribution in [2.24, 2.45) is 5.92 Å². The fourth-order valence-electron chi connectivity index (χ4n) is 2.93. The van der Waals surface area contributed by atoms with E-state index in [9.17, 15) is 14.0 Å². The molecular weight excluding hydrogens is 339 g/mol. The second-order valence-electron chi connectivity index (χ2n) is 6.52. The quantitative estimate of drug-likeness (QED) is 0.729. The molecule has 3 aromatic rings. The summed E-state index contributed by atoms with van der Waals surface area (Å²) < 4.78 is 21.6. The van der Waals surface area contributed by atoms with Crippen LogP contribution in [0.3, 0.4) is 0 Å². The fourth-order valence-corrected chi connectivity index (χ4v) is 2.93. The summed E-state index contributed by atoms with van der Waals surface area (Å²) in [6, 6.07) is 5.86. The van der Waals surface area contributed by atoms with Gasteiger partial charge in [0.05, 0.1) is 6.61 Å². The highest BCUT2D eigenvalue weighted by molar-refractivity contribution is 5.77. The lowest BCUT2D eigenvalue weighted by atomic mass is 10.2. The summed E-state index contributed by atoms with van der Waals surface area (Å²) in [5.74, 6) is 0.328. The van der Waals surface area contributed by atoms with Gasteiger partial charge in [0.25, 0.3) is 5.56 Å². The standard InChI is InChI=1S/C18H21FN4O3/c1-11(2)10-23-16-14(17(24)21-18(23)25)22(8-9-26-3)15(20-16)12-4-6-13(19)7-5-12/h4-7,11H,8-10H2,1-3H3,(H,21,24,25). The number of nitrogens with zero attached hydrogens (tertiary/aromatic N) is 3. The minimum atomic E-state index is -0.498. The first-order chi connectivity index (χ1) is 12.4. The monoisotopic (exact) mass is 360 g/mol. The average molecular weight is 360 g/mol. The molecule has 0 bridgehead atoms. The number of nitrogens with one attached hydrogen (secondary N) is 1. The molecule has 2 heterocycles. The number of methoxy groups -OCH3 is 1. The molecule has 8 heteroatoms. The molecule has 0 fully saturated rings. The zero-order valence-corrected chi connectivity index (χ0v) is 15.0. The van der Waals surface area contributed by atoms with E-state index in [0.717, 1.165) is 0 Å². The molecule has 0 aliphatic heterocycles. The predicted octanol–water partition coefficient (Wildman–Crippen LogP) is 1.99. The molecule has 0 unspecified atom stereocenters. The predicted molar refractivity (Wildman–Crippen MR) is 96.7 cm³/mol. The second-order valence-corrected chi connectivity index (χ2v) is 6.52. The maximum Gasteiger partial charge on any atom is 0.330 e. The summed E-state index contributed by atoms with van der Waals surface area (Å²) in [5, 5.41) is 0. The normalized spacial score (nSPS) is 11.6. The summed E-state index contributed by atoms with van der Waals surface area (Å²) in [6.45, 7) is 5.12. The first-order valence-electron chi connectivity index (χ1n) is 8.40. The fraction of sp³-hybridized carbons (Fsp3) is 0.389. The van der Waals surface area contributed by atoms with Gasteiger partial charge in [0.1, 0.15) is 11.6 Å². The van der Waals surface area contributed by atoms with Gasteiger partial charge in [-0.25, -0.2) is 14.2 Å². The maximum atomic E-state index is 13.3. The number of ether oxygens (including phenoxy) is 1. The van der Waals surface area contributed by atoms with Crippen molar-refractivity contribution in [2.75, 3.05) is 13.7 Å². The van der Waals surface area contributed by atoms with Gasteiger partial charge in [0.15, 0.2) is 11.2 Å². The minimum absolute atomic E-state index is 0.195. The van der Waals surface area contributed by atoms with Crippen LogP contribution in [0.1, 0.15) is 13.8 Å². The molecule has 0 saturated carbocycles. The van der Waals surface area contributed by atoms with Crippen LogP contribution in [0, 0.1) is 11.7 Å². The van der Waals surface area contributed by atoms with Gasteiger partial charge in [-0.2, -0.15) is 0 Å². The van der Waals surface area contributed by atoms with Gasteiger partial charge in [-0.1, -0.05) is 13.8 Å². The van der Waals surface area contributed by atoms with Crippen LogP contribution in [-0.4, -0.2) is 32.8 Å². The zero-order valence-electron chi connectivity index (χ0n) is 15.0. The van der Waals surface area contributed by atoms with E-state index in [1.165, 1.54) is 16.7 Å². The molecule has 1 N–H and O–H groups in total. The lowest BCUT2D eigenvalue weighted by Gasteiger charge is -2.10. The Kier molecular flexibility index (Phi) is 5.03. The van der Waals surface area contributed by atoms with Crippen molar-refractivity contribution in [3.8, 4) is 11.4 Å². The minimum Gasteiger partial charge on any atom is -0.383 e. The van der Waals surface area contributed by atoms with Crippen LogP contribution in [0.15, 0.2) is 33.9 Å². The zero-order chi connectivity index (χ0) is 18.8. The van der Waals surface area contributed by atoms with Gasteiger partial charge in [-0.05, 0) is 30.2 Å². The van der Waals surface area contributed by atoms with E-state index >= 15 is 0 Å². The molecule has 0 atom stereocenters. The number of aromatic amines is 1. The van der Waals surface area contributed by atoms with Crippen LogP contribution in [0.5, 0.6) is 0 Å². The van der Waals surface area contributed by atoms with Gasteiger partial charge < -0.3 is 9.30 Å². The Bertz CT molecular complexity index is 1030. The van der Waals surface area contributed by atoms with E-state index in [4.69, 9.17) is 4.74 Å². The van der Waals surface area contributed by atoms with Gasteiger partial charge in [0, 0.05) is 25.8 Å². The Morgan fingerprint density at radius 3 is 2.50 bits per heavy atom. The molecule has 138 valence electrons.